The normalized spacial score (nSPS) is 11.3. The van der Waals surface area contributed by atoms with Crippen LogP contribution in [0.25, 0.3) is 10.9 Å². The first-order chi connectivity index (χ1) is 12.5. The van der Waals surface area contributed by atoms with E-state index in [0.717, 1.165) is 39.8 Å². The number of hydrogen-bond acceptors (Lipinski definition) is 2. The molecule has 26 heavy (non-hydrogen) atoms. The van der Waals surface area contributed by atoms with E-state index in [4.69, 9.17) is 23.2 Å². The van der Waals surface area contributed by atoms with Crippen molar-refractivity contribution in [3.8, 4) is 0 Å². The van der Waals surface area contributed by atoms with E-state index in [9.17, 15) is 4.79 Å². The minimum Gasteiger partial charge on any atom is -0.343 e. The molecule has 0 fully saturated rings. The molecule has 0 atom stereocenters. The molecule has 0 N–H and O–H groups in total. The second kappa shape index (κ2) is 8.39. The van der Waals surface area contributed by atoms with E-state index < -0.39 is 0 Å². The topological polar surface area (TPSA) is 22.0 Å². The largest absolute Gasteiger partial charge is 0.343 e. The average molecular weight is 471 g/mol. The fraction of sp³-hybridized carbons (Fsp3) is 0.250. The van der Waals surface area contributed by atoms with Crippen molar-refractivity contribution in [2.24, 2.45) is 0 Å². The fourth-order valence-corrected chi connectivity index (χ4v) is 4.62. The quantitative estimate of drug-likeness (QED) is 0.285. The molecular weight excluding hydrogens is 453 g/mol. The molecule has 0 aliphatic rings. The number of nitrogens with zero attached hydrogens (tertiary/aromatic N) is 1. The Labute approximate surface area is 176 Å². The van der Waals surface area contributed by atoms with Crippen LogP contribution < -0.4 is 0 Å². The first-order valence-corrected chi connectivity index (χ1v) is 11.2. The van der Waals surface area contributed by atoms with Crippen LogP contribution in [-0.4, -0.2) is 22.4 Å². The van der Waals surface area contributed by atoms with Crippen molar-refractivity contribution < 1.29 is 4.79 Å². The third-order valence-electron chi connectivity index (χ3n) is 4.45. The molecule has 1 aromatic heterocycles. The lowest BCUT2D eigenvalue weighted by Crippen LogP contribution is -2.07. The van der Waals surface area contributed by atoms with Gasteiger partial charge in [0.05, 0.1) is 21.1 Å². The summed E-state index contributed by atoms with van der Waals surface area (Å²) < 4.78 is 3.21. The molecule has 0 amide bonds. The standard InChI is InChI=1S/C20H18BrCl2NOS/c1-12-17(20(25)14-7-4-9-16(22)18(14)23)13-6-3-8-15(21)19(13)24(12)10-5-11-26-2/h3-4,6-9H,5,10-11H2,1-2H3. The number of carbonyl (C=O) groups excluding carboxylic acids is 1. The highest BCUT2D eigenvalue weighted by atomic mass is 79.9. The first kappa shape index (κ1) is 19.8. The van der Waals surface area contributed by atoms with Crippen LogP contribution in [0.1, 0.15) is 28.0 Å². The van der Waals surface area contributed by atoms with Crippen LogP contribution in [0.4, 0.5) is 0 Å². The lowest BCUT2D eigenvalue weighted by atomic mass is 10.0. The Morgan fingerprint density at radius 2 is 1.92 bits per heavy atom. The molecule has 0 bridgehead atoms. The van der Waals surface area contributed by atoms with Crippen LogP contribution in [0.2, 0.25) is 10.0 Å². The van der Waals surface area contributed by atoms with Crippen LogP contribution >= 0.6 is 50.9 Å². The summed E-state index contributed by atoms with van der Waals surface area (Å²) >= 11 is 17.9. The van der Waals surface area contributed by atoms with Gasteiger partial charge in [-0.1, -0.05) is 41.4 Å². The summed E-state index contributed by atoms with van der Waals surface area (Å²) in [6.07, 6.45) is 3.14. The van der Waals surface area contributed by atoms with E-state index in [1.165, 1.54) is 0 Å². The Bertz CT molecular complexity index is 984. The van der Waals surface area contributed by atoms with Gasteiger partial charge in [0.25, 0.3) is 0 Å². The van der Waals surface area contributed by atoms with Gasteiger partial charge in [0.2, 0.25) is 0 Å². The molecule has 0 saturated heterocycles. The minimum absolute atomic E-state index is 0.0956. The van der Waals surface area contributed by atoms with Gasteiger partial charge in [0.15, 0.2) is 5.78 Å². The highest BCUT2D eigenvalue weighted by Crippen LogP contribution is 2.35. The Morgan fingerprint density at radius 1 is 1.19 bits per heavy atom. The molecule has 2 nitrogen and oxygen atoms in total. The van der Waals surface area contributed by atoms with Gasteiger partial charge in [-0.2, -0.15) is 11.8 Å². The molecule has 0 radical (unpaired) electrons. The van der Waals surface area contributed by atoms with Gasteiger partial charge in [0.1, 0.15) is 0 Å². The number of para-hydroxylation sites is 1. The number of aryl methyl sites for hydroxylation is 1. The summed E-state index contributed by atoms with van der Waals surface area (Å²) in [6, 6.07) is 11.1. The molecule has 136 valence electrons. The molecule has 6 heteroatoms. The van der Waals surface area contributed by atoms with Gasteiger partial charge in [-0.15, -0.1) is 0 Å². The summed E-state index contributed by atoms with van der Waals surface area (Å²) in [5, 5.41) is 1.62. The lowest BCUT2D eigenvalue weighted by Gasteiger charge is -2.09. The molecule has 3 rings (SSSR count). The van der Waals surface area contributed by atoms with E-state index in [1.807, 2.05) is 36.9 Å². The number of aromatic nitrogens is 1. The molecule has 0 aliphatic carbocycles. The number of ketones is 1. The SMILES string of the molecule is CSCCCn1c(C)c(C(=O)c2cccc(Cl)c2Cl)c2cccc(Br)c21. The number of benzene rings is 2. The van der Waals surface area contributed by atoms with Gasteiger partial charge in [0, 0.05) is 27.7 Å². The third kappa shape index (κ3) is 3.57. The number of rotatable bonds is 6. The predicted molar refractivity (Wildman–Crippen MR) is 117 cm³/mol. The zero-order valence-corrected chi connectivity index (χ0v) is 18.4. The second-order valence-electron chi connectivity index (χ2n) is 6.02. The van der Waals surface area contributed by atoms with E-state index in [-0.39, 0.29) is 5.78 Å². The average Bonchev–Trinajstić information content (AvgIpc) is 2.90. The van der Waals surface area contributed by atoms with E-state index in [2.05, 4.69) is 26.8 Å². The zero-order valence-electron chi connectivity index (χ0n) is 14.5. The van der Waals surface area contributed by atoms with Crippen molar-refractivity contribution in [2.75, 3.05) is 12.0 Å². The first-order valence-electron chi connectivity index (χ1n) is 8.22. The zero-order chi connectivity index (χ0) is 18.8. The van der Waals surface area contributed by atoms with Gasteiger partial charge in [-0.25, -0.2) is 0 Å². The molecular formula is C20H18BrCl2NOS. The number of fused-ring (bicyclic) bond motifs is 1. The summed E-state index contributed by atoms with van der Waals surface area (Å²) in [6.45, 7) is 2.86. The summed E-state index contributed by atoms with van der Waals surface area (Å²) in [5.41, 5.74) is 3.13. The van der Waals surface area contributed by atoms with Gasteiger partial charge in [-0.3, -0.25) is 4.79 Å². The second-order valence-corrected chi connectivity index (χ2v) is 8.65. The number of carbonyl (C=O) groups is 1. The lowest BCUT2D eigenvalue weighted by molar-refractivity contribution is 0.103. The molecule has 0 unspecified atom stereocenters. The maximum atomic E-state index is 13.3. The predicted octanol–water partition coefficient (Wildman–Crippen LogP) is 7.00. The van der Waals surface area contributed by atoms with E-state index in [0.29, 0.717) is 21.2 Å². The van der Waals surface area contributed by atoms with Gasteiger partial charge < -0.3 is 4.57 Å². The van der Waals surface area contributed by atoms with Crippen molar-refractivity contribution in [2.45, 2.75) is 19.9 Å². The van der Waals surface area contributed by atoms with Crippen molar-refractivity contribution >= 4 is 67.6 Å². The van der Waals surface area contributed by atoms with Crippen LogP contribution in [0.15, 0.2) is 40.9 Å². The maximum absolute atomic E-state index is 13.3. The monoisotopic (exact) mass is 469 g/mol. The smallest absolute Gasteiger partial charge is 0.197 e. The minimum atomic E-state index is -0.0956. The molecule has 0 aliphatic heterocycles. The van der Waals surface area contributed by atoms with Crippen molar-refractivity contribution in [3.05, 3.63) is 67.7 Å². The third-order valence-corrected chi connectivity index (χ3v) is 6.60. The molecule has 2 aromatic carbocycles. The summed E-state index contributed by atoms with van der Waals surface area (Å²) in [4.78, 5) is 13.3. The van der Waals surface area contributed by atoms with Gasteiger partial charge in [-0.05, 0) is 59.5 Å². The Morgan fingerprint density at radius 3 is 2.65 bits per heavy atom. The highest BCUT2D eigenvalue weighted by molar-refractivity contribution is 9.10. The molecule has 1 heterocycles. The molecule has 3 aromatic rings. The van der Waals surface area contributed by atoms with E-state index in [1.54, 1.807) is 18.2 Å². The maximum Gasteiger partial charge on any atom is 0.197 e. The highest BCUT2D eigenvalue weighted by Gasteiger charge is 2.24. The van der Waals surface area contributed by atoms with Crippen molar-refractivity contribution in [3.63, 3.8) is 0 Å². The van der Waals surface area contributed by atoms with Crippen LogP contribution in [0.3, 0.4) is 0 Å². The Hall–Kier alpha value is -0.940. The van der Waals surface area contributed by atoms with Crippen molar-refractivity contribution in [1.29, 1.82) is 0 Å². The number of thioether (sulfide) groups is 1. The molecule has 0 saturated carbocycles. The molecule has 0 spiro atoms. The van der Waals surface area contributed by atoms with Crippen LogP contribution in [-0.2, 0) is 6.54 Å². The number of halogens is 3. The fourth-order valence-electron chi connectivity index (χ4n) is 3.24. The number of hydrogen-bond donors (Lipinski definition) is 0. The van der Waals surface area contributed by atoms with E-state index >= 15 is 0 Å². The van der Waals surface area contributed by atoms with Crippen molar-refractivity contribution in [1.82, 2.24) is 4.57 Å². The van der Waals surface area contributed by atoms with Gasteiger partial charge >= 0.3 is 0 Å². The summed E-state index contributed by atoms with van der Waals surface area (Å²) in [5.74, 6) is 0.981. The Balaban J connectivity index is 2.20. The van der Waals surface area contributed by atoms with Crippen LogP contribution in [0, 0.1) is 6.92 Å². The van der Waals surface area contributed by atoms with Crippen LogP contribution in [0.5, 0.6) is 0 Å². The summed E-state index contributed by atoms with van der Waals surface area (Å²) in [7, 11) is 0. The Kier molecular flexibility index (Phi) is 6.39.